The molecule has 0 saturated carbocycles. The van der Waals surface area contributed by atoms with Gasteiger partial charge in [-0.2, -0.15) is 5.10 Å². The minimum atomic E-state index is -0.356. The molecule has 1 aromatic heterocycles. The number of rotatable bonds is 4. The van der Waals surface area contributed by atoms with Gasteiger partial charge in [-0.15, -0.1) is 0 Å². The van der Waals surface area contributed by atoms with Gasteiger partial charge in [0.25, 0.3) is 5.91 Å². The third-order valence-corrected chi connectivity index (χ3v) is 5.01. The van der Waals surface area contributed by atoms with Gasteiger partial charge in [0.15, 0.2) is 5.17 Å². The second kappa shape index (κ2) is 7.87. The Morgan fingerprint density at radius 3 is 2.59 bits per heavy atom. The highest BCUT2D eigenvalue weighted by Gasteiger charge is 2.32. The quantitative estimate of drug-likeness (QED) is 0.752. The molecule has 140 valence electrons. The summed E-state index contributed by atoms with van der Waals surface area (Å²) in [7, 11) is 0. The molecular weight excluding hydrogens is 367 g/mol. The molecule has 2 aromatic rings. The van der Waals surface area contributed by atoms with E-state index in [9.17, 15) is 14.0 Å². The van der Waals surface area contributed by atoms with Crippen LogP contribution >= 0.6 is 11.8 Å². The number of carbonyl (C=O) groups is 2. The van der Waals surface area contributed by atoms with Crippen LogP contribution in [0.4, 0.5) is 4.39 Å². The first-order valence-electron chi connectivity index (χ1n) is 8.57. The molecule has 6 nitrogen and oxygen atoms in total. The molecule has 0 unspecified atom stereocenters. The number of thioether (sulfide) groups is 1. The van der Waals surface area contributed by atoms with Crippen LogP contribution in [0.25, 0.3) is 17.3 Å². The predicted molar refractivity (Wildman–Crippen MR) is 105 cm³/mol. The smallest absolute Gasteiger partial charge is 0.266 e. The van der Waals surface area contributed by atoms with E-state index >= 15 is 0 Å². The fraction of sp³-hybridized carbons (Fsp3) is 0.263. The lowest BCUT2D eigenvalue weighted by atomic mass is 10.1. The molecule has 27 heavy (non-hydrogen) atoms. The lowest BCUT2D eigenvalue weighted by Crippen LogP contribution is -2.28. The van der Waals surface area contributed by atoms with E-state index in [4.69, 9.17) is 0 Å². The molecule has 0 aliphatic carbocycles. The maximum absolute atomic E-state index is 13.3. The Hall–Kier alpha value is -2.74. The third-order valence-electron chi connectivity index (χ3n) is 3.97. The average Bonchev–Trinajstić information content (AvgIpc) is 3.18. The molecule has 2 heterocycles. The van der Waals surface area contributed by atoms with Crippen molar-refractivity contribution in [2.24, 2.45) is 4.99 Å². The SMILES string of the molecule is CCN=C1SC(=Cc2cn(C(C)=O)nc2-c2ccc(F)cc2)C(=O)N1CC. The zero-order chi connectivity index (χ0) is 19.6. The number of aromatic nitrogens is 2. The first-order chi connectivity index (χ1) is 12.9. The van der Waals surface area contributed by atoms with Crippen molar-refractivity contribution in [3.05, 3.63) is 46.7 Å². The minimum absolute atomic E-state index is 0.129. The Morgan fingerprint density at radius 1 is 1.30 bits per heavy atom. The molecule has 0 spiro atoms. The molecular formula is C19H19FN4O2S. The number of likely N-dealkylation sites (N-methyl/N-ethyl adjacent to an activating group) is 1. The molecule has 0 bridgehead atoms. The van der Waals surface area contributed by atoms with Gasteiger partial charge in [0.05, 0.1) is 4.91 Å². The van der Waals surface area contributed by atoms with Crippen molar-refractivity contribution in [2.45, 2.75) is 20.8 Å². The number of halogens is 1. The number of hydrogen-bond donors (Lipinski definition) is 0. The number of aliphatic imine (C=N–C) groups is 1. The van der Waals surface area contributed by atoms with E-state index in [1.165, 1.54) is 35.5 Å². The molecule has 1 saturated heterocycles. The maximum atomic E-state index is 13.3. The van der Waals surface area contributed by atoms with E-state index in [-0.39, 0.29) is 17.6 Å². The standard InChI is InChI=1S/C19H19FN4O2S/c1-4-21-19-23(5-2)18(26)16(27-19)10-14-11-24(12(3)25)22-17(14)13-6-8-15(20)9-7-13/h6-11H,4-5H2,1-3H3. The van der Waals surface area contributed by atoms with Crippen LogP contribution in [0.3, 0.4) is 0 Å². The van der Waals surface area contributed by atoms with Crippen molar-refractivity contribution >= 4 is 34.8 Å². The zero-order valence-electron chi connectivity index (χ0n) is 15.3. The average molecular weight is 386 g/mol. The number of hydrogen-bond acceptors (Lipinski definition) is 5. The van der Waals surface area contributed by atoms with Crippen LogP contribution in [0.15, 0.2) is 40.4 Å². The Balaban J connectivity index is 2.07. The first-order valence-corrected chi connectivity index (χ1v) is 9.38. The van der Waals surface area contributed by atoms with Crippen LogP contribution in [-0.4, -0.2) is 44.8 Å². The number of amidine groups is 1. The van der Waals surface area contributed by atoms with Crippen LogP contribution in [0.1, 0.15) is 31.1 Å². The van der Waals surface area contributed by atoms with E-state index in [1.807, 2.05) is 13.8 Å². The Kier molecular flexibility index (Phi) is 5.55. The van der Waals surface area contributed by atoms with E-state index in [1.54, 1.807) is 29.3 Å². The Morgan fingerprint density at radius 2 is 2.00 bits per heavy atom. The minimum Gasteiger partial charge on any atom is -0.287 e. The van der Waals surface area contributed by atoms with E-state index < -0.39 is 0 Å². The van der Waals surface area contributed by atoms with Crippen LogP contribution in [0.2, 0.25) is 0 Å². The number of carbonyl (C=O) groups excluding carboxylic acids is 2. The van der Waals surface area contributed by atoms with Gasteiger partial charge in [0, 0.05) is 37.3 Å². The largest absolute Gasteiger partial charge is 0.287 e. The molecule has 1 aliphatic heterocycles. The van der Waals surface area contributed by atoms with Crippen molar-refractivity contribution in [3.63, 3.8) is 0 Å². The molecule has 8 heteroatoms. The molecule has 0 N–H and O–H groups in total. The summed E-state index contributed by atoms with van der Waals surface area (Å²) in [5.41, 5.74) is 1.78. The monoisotopic (exact) mass is 386 g/mol. The van der Waals surface area contributed by atoms with E-state index in [2.05, 4.69) is 10.1 Å². The van der Waals surface area contributed by atoms with Gasteiger partial charge >= 0.3 is 0 Å². The lowest BCUT2D eigenvalue weighted by molar-refractivity contribution is -0.122. The maximum Gasteiger partial charge on any atom is 0.266 e. The normalized spacial score (nSPS) is 17.3. The van der Waals surface area contributed by atoms with Crippen molar-refractivity contribution < 1.29 is 14.0 Å². The van der Waals surface area contributed by atoms with Gasteiger partial charge in [0.2, 0.25) is 5.91 Å². The van der Waals surface area contributed by atoms with Crippen LogP contribution in [-0.2, 0) is 4.79 Å². The van der Waals surface area contributed by atoms with Crippen molar-refractivity contribution in [2.75, 3.05) is 13.1 Å². The molecule has 0 atom stereocenters. The van der Waals surface area contributed by atoms with Gasteiger partial charge in [-0.05, 0) is 56.0 Å². The van der Waals surface area contributed by atoms with Gasteiger partial charge < -0.3 is 0 Å². The second-order valence-electron chi connectivity index (χ2n) is 5.82. The molecule has 3 rings (SSSR count). The number of amides is 1. The van der Waals surface area contributed by atoms with Crippen LogP contribution in [0.5, 0.6) is 0 Å². The lowest BCUT2D eigenvalue weighted by Gasteiger charge is -2.11. The van der Waals surface area contributed by atoms with Crippen molar-refractivity contribution in [3.8, 4) is 11.3 Å². The summed E-state index contributed by atoms with van der Waals surface area (Å²) < 4.78 is 14.5. The summed E-state index contributed by atoms with van der Waals surface area (Å²) in [6, 6.07) is 5.85. The Bertz CT molecular complexity index is 947. The van der Waals surface area contributed by atoms with Crippen molar-refractivity contribution in [1.82, 2.24) is 14.7 Å². The summed E-state index contributed by atoms with van der Waals surface area (Å²) in [5.74, 6) is -0.739. The van der Waals surface area contributed by atoms with E-state index in [0.717, 1.165) is 0 Å². The zero-order valence-corrected chi connectivity index (χ0v) is 16.1. The summed E-state index contributed by atoms with van der Waals surface area (Å²) in [6.07, 6.45) is 3.28. The molecule has 0 radical (unpaired) electrons. The summed E-state index contributed by atoms with van der Waals surface area (Å²) in [6.45, 7) is 6.32. The molecule has 1 aliphatic rings. The van der Waals surface area contributed by atoms with Crippen LogP contribution in [0, 0.1) is 5.82 Å². The fourth-order valence-corrected chi connectivity index (χ4v) is 3.76. The first kappa shape index (κ1) is 19.0. The summed E-state index contributed by atoms with van der Waals surface area (Å²) >= 11 is 1.30. The third kappa shape index (κ3) is 3.85. The highest BCUT2D eigenvalue weighted by Crippen LogP contribution is 2.34. The van der Waals surface area contributed by atoms with Gasteiger partial charge in [-0.1, -0.05) is 0 Å². The van der Waals surface area contributed by atoms with Gasteiger partial charge in [0.1, 0.15) is 11.5 Å². The van der Waals surface area contributed by atoms with Gasteiger partial charge in [-0.3, -0.25) is 19.5 Å². The molecule has 1 aromatic carbocycles. The Labute approximate surface area is 160 Å². The topological polar surface area (TPSA) is 67.6 Å². The number of benzene rings is 1. The highest BCUT2D eigenvalue weighted by atomic mass is 32.2. The summed E-state index contributed by atoms with van der Waals surface area (Å²) in [5, 5.41) is 4.97. The second-order valence-corrected chi connectivity index (χ2v) is 6.83. The highest BCUT2D eigenvalue weighted by molar-refractivity contribution is 8.18. The number of nitrogens with zero attached hydrogens (tertiary/aromatic N) is 4. The van der Waals surface area contributed by atoms with Gasteiger partial charge in [-0.25, -0.2) is 9.07 Å². The predicted octanol–water partition coefficient (Wildman–Crippen LogP) is 3.66. The molecule has 1 amide bonds. The van der Waals surface area contributed by atoms with Crippen molar-refractivity contribution in [1.29, 1.82) is 0 Å². The summed E-state index contributed by atoms with van der Waals surface area (Å²) in [4.78, 5) is 30.9. The fourth-order valence-electron chi connectivity index (χ4n) is 2.67. The van der Waals surface area contributed by atoms with E-state index in [0.29, 0.717) is 40.0 Å². The molecule has 1 fully saturated rings. The van der Waals surface area contributed by atoms with Crippen LogP contribution < -0.4 is 0 Å².